The van der Waals surface area contributed by atoms with Gasteiger partial charge in [-0.15, -0.1) is 0 Å². The summed E-state index contributed by atoms with van der Waals surface area (Å²) in [5.74, 6) is 0.204. The van der Waals surface area contributed by atoms with Crippen LogP contribution >= 0.6 is 23.2 Å². The fourth-order valence-electron chi connectivity index (χ4n) is 3.01. The molecule has 0 saturated heterocycles. The number of benzene rings is 3. The number of nitriles is 1. The van der Waals surface area contributed by atoms with E-state index in [1.165, 1.54) is 0 Å². The number of carbonyl (C=O) groups is 1. The lowest BCUT2D eigenvalue weighted by atomic mass is 9.98. The first-order valence-corrected chi connectivity index (χ1v) is 10.4. The molecule has 0 atom stereocenters. The highest BCUT2D eigenvalue weighted by molar-refractivity contribution is 6.31. The maximum atomic E-state index is 12.7. The quantitative estimate of drug-likeness (QED) is 0.328. The normalized spacial score (nSPS) is 11.0. The molecule has 0 radical (unpaired) electrons. The molecule has 4 nitrogen and oxygen atoms in total. The minimum Gasteiger partial charge on any atom is -0.494 e. The van der Waals surface area contributed by atoms with Crippen LogP contribution in [0.25, 0.3) is 6.08 Å². The maximum absolute atomic E-state index is 12.7. The second-order valence-corrected chi connectivity index (χ2v) is 7.54. The van der Waals surface area contributed by atoms with Crippen LogP contribution in [-0.2, 0) is 11.2 Å². The molecule has 31 heavy (non-hydrogen) atoms. The second-order valence-electron chi connectivity index (χ2n) is 6.69. The van der Waals surface area contributed by atoms with Gasteiger partial charge in [-0.1, -0.05) is 47.5 Å². The highest BCUT2D eigenvalue weighted by Crippen LogP contribution is 2.25. The Bertz CT molecular complexity index is 1150. The lowest BCUT2D eigenvalue weighted by Gasteiger charge is -2.10. The predicted octanol–water partition coefficient (Wildman–Crippen LogP) is 6.53. The number of nitrogens with zero attached hydrogens (tertiary/aromatic N) is 1. The Balaban J connectivity index is 1.86. The van der Waals surface area contributed by atoms with Crippen LogP contribution in [-0.4, -0.2) is 12.5 Å². The summed E-state index contributed by atoms with van der Waals surface area (Å²) < 4.78 is 5.40. The van der Waals surface area contributed by atoms with E-state index in [2.05, 4.69) is 5.32 Å². The summed E-state index contributed by atoms with van der Waals surface area (Å²) in [5.41, 5.74) is 3.07. The third-order valence-corrected chi connectivity index (χ3v) is 5.14. The molecule has 3 rings (SSSR count). The Labute approximate surface area is 191 Å². The van der Waals surface area contributed by atoms with E-state index in [4.69, 9.17) is 27.9 Å². The number of nitrogens with one attached hydrogen (secondary N) is 1. The van der Waals surface area contributed by atoms with Crippen molar-refractivity contribution < 1.29 is 9.53 Å². The summed E-state index contributed by atoms with van der Waals surface area (Å²) in [6, 6.07) is 21.9. The van der Waals surface area contributed by atoms with Gasteiger partial charge in [-0.05, 0) is 78.6 Å². The van der Waals surface area contributed by atoms with Crippen LogP contribution in [0.5, 0.6) is 5.75 Å². The number of carbonyl (C=O) groups excluding carboxylic acids is 1. The summed E-state index contributed by atoms with van der Waals surface area (Å²) in [5, 5.41) is 13.5. The van der Waals surface area contributed by atoms with Gasteiger partial charge in [0.1, 0.15) is 17.4 Å². The fraction of sp³-hybridized carbons (Fsp3) is 0.120. The third-order valence-electron chi connectivity index (χ3n) is 4.53. The minimum absolute atomic E-state index is 0.0310. The van der Waals surface area contributed by atoms with Crippen LogP contribution in [0.4, 0.5) is 5.69 Å². The van der Waals surface area contributed by atoms with Crippen LogP contribution < -0.4 is 10.1 Å². The molecule has 156 valence electrons. The van der Waals surface area contributed by atoms with Gasteiger partial charge in [0.05, 0.1) is 6.61 Å². The summed E-state index contributed by atoms with van der Waals surface area (Å²) in [7, 11) is 0. The smallest absolute Gasteiger partial charge is 0.266 e. The Hall–Kier alpha value is -3.26. The second kappa shape index (κ2) is 10.7. The fourth-order valence-corrected chi connectivity index (χ4v) is 3.39. The zero-order valence-electron chi connectivity index (χ0n) is 16.9. The van der Waals surface area contributed by atoms with Crippen LogP contribution in [0.2, 0.25) is 10.0 Å². The van der Waals surface area contributed by atoms with E-state index in [-0.39, 0.29) is 5.57 Å². The molecule has 3 aromatic rings. The molecular formula is C25H20Cl2N2O2. The Morgan fingerprint density at radius 3 is 2.48 bits per heavy atom. The van der Waals surface area contributed by atoms with Gasteiger partial charge in [-0.2, -0.15) is 5.26 Å². The lowest BCUT2D eigenvalue weighted by Crippen LogP contribution is -2.13. The highest BCUT2D eigenvalue weighted by Gasteiger charge is 2.12. The van der Waals surface area contributed by atoms with E-state index >= 15 is 0 Å². The first-order chi connectivity index (χ1) is 15.0. The van der Waals surface area contributed by atoms with Gasteiger partial charge in [-0.3, -0.25) is 4.79 Å². The Morgan fingerprint density at radius 1 is 1.06 bits per heavy atom. The van der Waals surface area contributed by atoms with Crippen molar-refractivity contribution in [3.63, 3.8) is 0 Å². The third kappa shape index (κ3) is 6.11. The zero-order valence-corrected chi connectivity index (χ0v) is 18.4. The van der Waals surface area contributed by atoms with Crippen LogP contribution in [0.3, 0.4) is 0 Å². The molecule has 0 spiro atoms. The van der Waals surface area contributed by atoms with Gasteiger partial charge in [0.25, 0.3) is 5.91 Å². The van der Waals surface area contributed by atoms with Gasteiger partial charge >= 0.3 is 0 Å². The average molecular weight is 451 g/mol. The van der Waals surface area contributed by atoms with Gasteiger partial charge in [0.15, 0.2) is 0 Å². The van der Waals surface area contributed by atoms with Gasteiger partial charge in [0.2, 0.25) is 0 Å². The molecule has 3 aromatic carbocycles. The number of anilines is 1. The van der Waals surface area contributed by atoms with Crippen molar-refractivity contribution >= 4 is 40.9 Å². The number of halogens is 2. The molecule has 1 N–H and O–H groups in total. The van der Waals surface area contributed by atoms with E-state index in [0.717, 1.165) is 11.1 Å². The summed E-state index contributed by atoms with van der Waals surface area (Å²) in [6.07, 6.45) is 2.09. The first-order valence-electron chi connectivity index (χ1n) is 9.68. The molecule has 0 aliphatic heterocycles. The number of amides is 1. The van der Waals surface area contributed by atoms with Crippen molar-refractivity contribution in [3.8, 4) is 11.8 Å². The van der Waals surface area contributed by atoms with Crippen molar-refractivity contribution in [1.82, 2.24) is 0 Å². The molecule has 0 unspecified atom stereocenters. The summed E-state index contributed by atoms with van der Waals surface area (Å²) in [6.45, 7) is 2.46. The van der Waals surface area contributed by atoms with E-state index < -0.39 is 5.91 Å². The summed E-state index contributed by atoms with van der Waals surface area (Å²) in [4.78, 5) is 12.7. The summed E-state index contributed by atoms with van der Waals surface area (Å²) >= 11 is 12.5. The number of hydrogen-bond donors (Lipinski definition) is 1. The monoisotopic (exact) mass is 450 g/mol. The molecule has 0 aromatic heterocycles. The topological polar surface area (TPSA) is 62.1 Å². The number of rotatable bonds is 7. The molecule has 0 aliphatic rings. The van der Waals surface area contributed by atoms with Crippen molar-refractivity contribution in [2.75, 3.05) is 11.9 Å². The molecule has 0 aliphatic carbocycles. The van der Waals surface area contributed by atoms with Crippen molar-refractivity contribution in [2.24, 2.45) is 0 Å². The largest absolute Gasteiger partial charge is 0.494 e. The zero-order chi connectivity index (χ0) is 22.2. The van der Waals surface area contributed by atoms with Gasteiger partial charge in [0, 0.05) is 15.7 Å². The van der Waals surface area contributed by atoms with E-state index in [1.807, 2.05) is 43.3 Å². The van der Waals surface area contributed by atoms with E-state index in [9.17, 15) is 10.1 Å². The number of ether oxygens (including phenoxy) is 1. The molecule has 1 amide bonds. The molecule has 0 bridgehead atoms. The first kappa shape index (κ1) is 22.4. The highest BCUT2D eigenvalue weighted by atomic mass is 35.5. The van der Waals surface area contributed by atoms with Crippen molar-refractivity contribution in [3.05, 3.63) is 99.0 Å². The van der Waals surface area contributed by atoms with E-state index in [0.29, 0.717) is 40.1 Å². The standard InChI is InChI=1S/C25H20Cl2N2O2/c1-2-31-23-11-9-22(10-12-23)29-25(30)20(16-28)14-19-15-21(26)8-7-17(19)13-18-5-3-4-6-24(18)27/h3-12,14-15H,2,13H2,1H3,(H,29,30)/b20-14+. The number of hydrogen-bond acceptors (Lipinski definition) is 3. The van der Waals surface area contributed by atoms with Gasteiger partial charge in [-0.25, -0.2) is 0 Å². The SMILES string of the molecule is CCOc1ccc(NC(=O)/C(C#N)=C/c2cc(Cl)ccc2Cc2ccccc2Cl)cc1. The van der Waals surface area contributed by atoms with Gasteiger partial charge < -0.3 is 10.1 Å². The van der Waals surface area contributed by atoms with Crippen LogP contribution in [0, 0.1) is 11.3 Å². The predicted molar refractivity (Wildman–Crippen MR) is 126 cm³/mol. The van der Waals surface area contributed by atoms with Crippen LogP contribution in [0.1, 0.15) is 23.6 Å². The maximum Gasteiger partial charge on any atom is 0.266 e. The lowest BCUT2D eigenvalue weighted by molar-refractivity contribution is -0.112. The van der Waals surface area contributed by atoms with E-state index in [1.54, 1.807) is 42.5 Å². The van der Waals surface area contributed by atoms with Crippen LogP contribution in [0.15, 0.2) is 72.3 Å². The Kier molecular flexibility index (Phi) is 7.72. The molecule has 6 heteroatoms. The molecule has 0 heterocycles. The van der Waals surface area contributed by atoms with Crippen molar-refractivity contribution in [2.45, 2.75) is 13.3 Å². The average Bonchev–Trinajstić information content (AvgIpc) is 2.76. The van der Waals surface area contributed by atoms with Crippen molar-refractivity contribution in [1.29, 1.82) is 5.26 Å². The molecular weight excluding hydrogens is 431 g/mol. The molecule has 0 saturated carbocycles. The minimum atomic E-state index is -0.504. The Morgan fingerprint density at radius 2 is 1.81 bits per heavy atom. The molecule has 0 fully saturated rings.